The Labute approximate surface area is 117 Å². The Morgan fingerprint density at radius 2 is 2.25 bits per heavy atom. The highest BCUT2D eigenvalue weighted by Gasteiger charge is 2.20. The number of nitrogens with two attached hydrogens (primary N) is 1. The largest absolute Gasteiger partial charge is 0.481 e. The number of aryl methyl sites for hydroxylation is 2. The maximum atomic E-state index is 11.5. The summed E-state index contributed by atoms with van der Waals surface area (Å²) in [6, 6.07) is 1.78. The monoisotopic (exact) mass is 277 g/mol. The minimum absolute atomic E-state index is 0.234. The van der Waals surface area contributed by atoms with Gasteiger partial charge in [0.1, 0.15) is 5.82 Å². The number of anilines is 1. The van der Waals surface area contributed by atoms with E-state index in [1.165, 1.54) is 0 Å². The molecule has 6 nitrogen and oxygen atoms in total. The van der Waals surface area contributed by atoms with Crippen LogP contribution in [0.1, 0.15) is 41.4 Å². The number of primary amides is 1. The average molecular weight is 277 g/mol. The van der Waals surface area contributed by atoms with Crippen LogP contribution >= 0.6 is 0 Å². The van der Waals surface area contributed by atoms with Gasteiger partial charge in [0, 0.05) is 12.2 Å². The lowest BCUT2D eigenvalue weighted by Crippen LogP contribution is -2.24. The van der Waals surface area contributed by atoms with Crippen molar-refractivity contribution in [2.24, 2.45) is 11.7 Å². The summed E-state index contributed by atoms with van der Waals surface area (Å²) in [6.45, 7) is 2.05. The fourth-order valence-electron chi connectivity index (χ4n) is 2.42. The maximum Gasteiger partial charge on any atom is 0.308 e. The molecule has 1 heterocycles. The van der Waals surface area contributed by atoms with E-state index < -0.39 is 17.8 Å². The third-order valence-corrected chi connectivity index (χ3v) is 3.67. The Morgan fingerprint density at radius 3 is 2.85 bits per heavy atom. The van der Waals surface area contributed by atoms with E-state index in [0.29, 0.717) is 17.8 Å². The Balaban J connectivity index is 2.22. The summed E-state index contributed by atoms with van der Waals surface area (Å²) in [4.78, 5) is 26.9. The van der Waals surface area contributed by atoms with E-state index in [2.05, 4.69) is 10.3 Å². The Hall–Kier alpha value is -2.11. The molecule has 0 saturated heterocycles. The fraction of sp³-hybridized carbons (Fsp3) is 0.500. The quantitative estimate of drug-likeness (QED) is 0.724. The smallest absolute Gasteiger partial charge is 0.308 e. The Morgan fingerprint density at radius 1 is 1.50 bits per heavy atom. The zero-order valence-corrected chi connectivity index (χ0v) is 11.5. The number of carbonyl (C=O) groups excluding carboxylic acids is 1. The van der Waals surface area contributed by atoms with E-state index in [4.69, 9.17) is 10.8 Å². The van der Waals surface area contributed by atoms with Gasteiger partial charge in [0.25, 0.3) is 5.91 Å². The first-order chi connectivity index (χ1) is 9.52. The molecule has 0 aliphatic heterocycles. The van der Waals surface area contributed by atoms with Crippen molar-refractivity contribution in [3.8, 4) is 0 Å². The molecule has 4 N–H and O–H groups in total. The zero-order chi connectivity index (χ0) is 14.7. The molecule has 1 aliphatic rings. The molecule has 1 atom stereocenters. The van der Waals surface area contributed by atoms with E-state index >= 15 is 0 Å². The van der Waals surface area contributed by atoms with Gasteiger partial charge in [-0.15, -0.1) is 0 Å². The van der Waals surface area contributed by atoms with Gasteiger partial charge in [-0.2, -0.15) is 0 Å². The van der Waals surface area contributed by atoms with E-state index in [-0.39, 0.29) is 6.54 Å². The van der Waals surface area contributed by atoms with Gasteiger partial charge in [0.15, 0.2) is 0 Å². The fourth-order valence-corrected chi connectivity index (χ4v) is 2.42. The third-order valence-electron chi connectivity index (χ3n) is 3.67. The van der Waals surface area contributed by atoms with Gasteiger partial charge in [-0.3, -0.25) is 9.59 Å². The summed E-state index contributed by atoms with van der Waals surface area (Å²) in [6.07, 6.45) is 3.34. The summed E-state index contributed by atoms with van der Waals surface area (Å²) in [5.41, 5.74) is 7.75. The minimum Gasteiger partial charge on any atom is -0.481 e. The number of nitrogens with zero attached hydrogens (tertiary/aromatic N) is 1. The van der Waals surface area contributed by atoms with Crippen LogP contribution in [-0.2, 0) is 17.6 Å². The number of amides is 1. The second-order valence-corrected chi connectivity index (χ2v) is 5.03. The average Bonchev–Trinajstić information content (AvgIpc) is 2.84. The van der Waals surface area contributed by atoms with Gasteiger partial charge in [-0.05, 0) is 37.3 Å². The number of hydrogen-bond acceptors (Lipinski definition) is 4. The highest BCUT2D eigenvalue weighted by Crippen LogP contribution is 2.25. The topological polar surface area (TPSA) is 105 Å². The van der Waals surface area contributed by atoms with Gasteiger partial charge in [0.2, 0.25) is 0 Å². The number of nitrogens with one attached hydrogen (secondary N) is 1. The molecule has 20 heavy (non-hydrogen) atoms. The molecular formula is C14H19N3O3. The number of hydrogen-bond donors (Lipinski definition) is 3. The van der Waals surface area contributed by atoms with Crippen LogP contribution in [0.3, 0.4) is 0 Å². The SMILES string of the molecule is CCC(CNc1nc2c(cc1C(N)=O)CCC2)C(=O)O. The van der Waals surface area contributed by atoms with Gasteiger partial charge in [-0.1, -0.05) is 6.92 Å². The van der Waals surface area contributed by atoms with Gasteiger partial charge in [-0.25, -0.2) is 4.98 Å². The van der Waals surface area contributed by atoms with Crippen molar-refractivity contribution in [2.45, 2.75) is 32.6 Å². The van der Waals surface area contributed by atoms with Crippen molar-refractivity contribution >= 4 is 17.7 Å². The lowest BCUT2D eigenvalue weighted by Gasteiger charge is -2.14. The van der Waals surface area contributed by atoms with Crippen LogP contribution in [0.5, 0.6) is 0 Å². The van der Waals surface area contributed by atoms with Crippen LogP contribution in [0.15, 0.2) is 6.07 Å². The molecule has 1 amide bonds. The first kappa shape index (κ1) is 14.3. The molecular weight excluding hydrogens is 258 g/mol. The molecule has 108 valence electrons. The summed E-state index contributed by atoms with van der Waals surface area (Å²) in [5.74, 6) is -1.51. The lowest BCUT2D eigenvalue weighted by molar-refractivity contribution is -0.141. The van der Waals surface area contributed by atoms with Crippen LogP contribution in [0, 0.1) is 5.92 Å². The molecule has 0 spiro atoms. The first-order valence-corrected chi connectivity index (χ1v) is 6.82. The number of fused-ring (bicyclic) bond motifs is 1. The normalized spacial score (nSPS) is 14.7. The second-order valence-electron chi connectivity index (χ2n) is 5.03. The first-order valence-electron chi connectivity index (χ1n) is 6.82. The van der Waals surface area contributed by atoms with Crippen LogP contribution in [0.4, 0.5) is 5.82 Å². The van der Waals surface area contributed by atoms with E-state index in [9.17, 15) is 9.59 Å². The van der Waals surface area contributed by atoms with E-state index in [1.807, 2.05) is 6.92 Å². The molecule has 0 aromatic carbocycles. The highest BCUT2D eigenvalue weighted by atomic mass is 16.4. The standard InChI is InChI=1S/C14H19N3O3/c1-2-8(14(19)20)7-16-13-10(12(15)18)6-9-4-3-5-11(9)17-13/h6,8H,2-5,7H2,1H3,(H2,15,18)(H,16,17)(H,19,20). The maximum absolute atomic E-state index is 11.5. The number of aromatic nitrogens is 1. The van der Waals surface area contributed by atoms with E-state index in [1.54, 1.807) is 6.07 Å². The van der Waals surface area contributed by atoms with Crippen molar-refractivity contribution in [3.63, 3.8) is 0 Å². The van der Waals surface area contributed by atoms with Crippen LogP contribution in [-0.4, -0.2) is 28.5 Å². The molecule has 1 aliphatic carbocycles. The molecule has 0 bridgehead atoms. The molecule has 0 fully saturated rings. The number of pyridine rings is 1. The van der Waals surface area contributed by atoms with Crippen molar-refractivity contribution < 1.29 is 14.7 Å². The number of aliphatic carboxylic acids is 1. The van der Waals surface area contributed by atoms with Crippen LogP contribution in [0.25, 0.3) is 0 Å². The summed E-state index contributed by atoms with van der Waals surface area (Å²) >= 11 is 0. The molecule has 2 rings (SSSR count). The zero-order valence-electron chi connectivity index (χ0n) is 11.5. The predicted molar refractivity (Wildman–Crippen MR) is 74.7 cm³/mol. The molecule has 6 heteroatoms. The minimum atomic E-state index is -0.859. The molecule has 1 aromatic heterocycles. The summed E-state index contributed by atoms with van der Waals surface area (Å²) in [5, 5.41) is 12.0. The van der Waals surface area contributed by atoms with Crippen LogP contribution < -0.4 is 11.1 Å². The van der Waals surface area contributed by atoms with Gasteiger partial charge < -0.3 is 16.2 Å². The number of rotatable bonds is 6. The van der Waals surface area contributed by atoms with E-state index in [0.717, 1.165) is 30.5 Å². The van der Waals surface area contributed by atoms with Gasteiger partial charge >= 0.3 is 5.97 Å². The van der Waals surface area contributed by atoms with Crippen molar-refractivity contribution in [1.29, 1.82) is 0 Å². The summed E-state index contributed by atoms with van der Waals surface area (Å²) in [7, 11) is 0. The van der Waals surface area contributed by atoms with Crippen LogP contribution in [0.2, 0.25) is 0 Å². The number of carboxylic acid groups (broad SMARTS) is 1. The van der Waals surface area contributed by atoms with Crippen molar-refractivity contribution in [3.05, 3.63) is 22.9 Å². The van der Waals surface area contributed by atoms with Crippen molar-refractivity contribution in [2.75, 3.05) is 11.9 Å². The lowest BCUT2D eigenvalue weighted by atomic mass is 10.1. The predicted octanol–water partition coefficient (Wildman–Crippen LogP) is 1.19. The molecule has 0 radical (unpaired) electrons. The summed E-state index contributed by atoms with van der Waals surface area (Å²) < 4.78 is 0. The molecule has 0 saturated carbocycles. The third kappa shape index (κ3) is 2.89. The Kier molecular flexibility index (Phi) is 4.22. The molecule has 1 unspecified atom stereocenters. The number of carboxylic acids is 1. The van der Waals surface area contributed by atoms with Gasteiger partial charge in [0.05, 0.1) is 11.5 Å². The molecule has 1 aromatic rings. The highest BCUT2D eigenvalue weighted by molar-refractivity contribution is 5.97. The van der Waals surface area contributed by atoms with Crippen molar-refractivity contribution in [1.82, 2.24) is 4.98 Å². The number of carbonyl (C=O) groups is 2. The second kappa shape index (κ2) is 5.90. The Bertz CT molecular complexity index is 543.